The number of aliphatic imine (C=N–C) groups is 1. The van der Waals surface area contributed by atoms with Gasteiger partial charge in [-0.1, -0.05) is 0 Å². The summed E-state index contributed by atoms with van der Waals surface area (Å²) in [5.74, 6) is -0.0780. The molecule has 0 bridgehead atoms. The topological polar surface area (TPSA) is 68.9 Å². The summed E-state index contributed by atoms with van der Waals surface area (Å²) in [4.78, 5) is 18.9. The Kier molecular flexibility index (Phi) is 5.93. The predicted octanol–water partition coefficient (Wildman–Crippen LogP) is -0.0791. The number of esters is 1. The molecule has 0 saturated carbocycles. The van der Waals surface area contributed by atoms with Gasteiger partial charge in [-0.2, -0.15) is 5.26 Å². The lowest BCUT2D eigenvalue weighted by Gasteiger charge is -2.23. The first-order valence-electron chi connectivity index (χ1n) is 4.92. The molecule has 90 valence electrons. The molecule has 6 heteroatoms. The summed E-state index contributed by atoms with van der Waals surface area (Å²) in [6.07, 6.45) is 0. The molecule has 1 atom stereocenters. The van der Waals surface area contributed by atoms with Crippen LogP contribution in [-0.4, -0.2) is 62.6 Å². The molecule has 0 radical (unpaired) electrons. The van der Waals surface area contributed by atoms with E-state index in [4.69, 9.17) is 10.00 Å². The van der Waals surface area contributed by atoms with Crippen LogP contribution in [0, 0.1) is 11.3 Å². The molecule has 0 amide bonds. The third-order valence-electron chi connectivity index (χ3n) is 1.68. The van der Waals surface area contributed by atoms with Crippen molar-refractivity contribution in [1.82, 2.24) is 9.80 Å². The van der Waals surface area contributed by atoms with Gasteiger partial charge >= 0.3 is 5.97 Å². The molecule has 0 spiro atoms. The molecule has 6 nitrogen and oxygen atoms in total. The molecule has 0 aliphatic carbocycles. The van der Waals surface area contributed by atoms with Crippen molar-refractivity contribution in [3.8, 4) is 6.07 Å². The average molecular weight is 226 g/mol. The maximum Gasteiger partial charge on any atom is 0.345 e. The Labute approximate surface area is 96.1 Å². The van der Waals surface area contributed by atoms with Crippen molar-refractivity contribution in [2.75, 3.05) is 34.8 Å². The Morgan fingerprint density at radius 3 is 2.19 bits per heavy atom. The van der Waals surface area contributed by atoms with Crippen molar-refractivity contribution < 1.29 is 9.53 Å². The monoisotopic (exact) mass is 226 g/mol. The highest BCUT2D eigenvalue weighted by molar-refractivity contribution is 5.86. The second-order valence-electron chi connectivity index (χ2n) is 3.50. The number of ether oxygens (including phenoxy) is 1. The summed E-state index contributed by atoms with van der Waals surface area (Å²) < 4.78 is 4.75. The summed E-state index contributed by atoms with van der Waals surface area (Å²) in [5, 5.41) is 8.84. The van der Waals surface area contributed by atoms with Crippen LogP contribution in [0.1, 0.15) is 6.92 Å². The van der Waals surface area contributed by atoms with E-state index in [0.29, 0.717) is 5.96 Å². The molecular formula is C10H18N4O2. The van der Waals surface area contributed by atoms with Gasteiger partial charge in [-0.3, -0.25) is 0 Å². The van der Waals surface area contributed by atoms with Crippen LogP contribution in [0.15, 0.2) is 4.99 Å². The summed E-state index contributed by atoms with van der Waals surface area (Å²) in [6, 6.07) is 0.700. The third kappa shape index (κ3) is 4.17. The van der Waals surface area contributed by atoms with Crippen LogP contribution in [-0.2, 0) is 9.53 Å². The Morgan fingerprint density at radius 1 is 1.38 bits per heavy atom. The minimum Gasteiger partial charge on any atom is -0.464 e. The molecule has 0 aromatic heterocycles. The van der Waals surface area contributed by atoms with Gasteiger partial charge in [-0.05, 0) is 6.92 Å². The van der Waals surface area contributed by atoms with Crippen molar-refractivity contribution >= 4 is 11.9 Å². The quantitative estimate of drug-likeness (QED) is 0.382. The van der Waals surface area contributed by atoms with Crippen LogP contribution in [0.3, 0.4) is 0 Å². The first-order valence-corrected chi connectivity index (χ1v) is 4.92. The number of hydrogen-bond donors (Lipinski definition) is 0. The van der Waals surface area contributed by atoms with Gasteiger partial charge in [0.15, 0.2) is 5.96 Å². The van der Waals surface area contributed by atoms with Gasteiger partial charge in [-0.25, -0.2) is 9.79 Å². The van der Waals surface area contributed by atoms with E-state index in [-0.39, 0.29) is 6.61 Å². The van der Waals surface area contributed by atoms with Gasteiger partial charge < -0.3 is 14.5 Å². The number of carbonyl (C=O) groups excluding carboxylic acids is 1. The Balaban J connectivity index is 4.91. The first kappa shape index (κ1) is 14.2. The average Bonchev–Trinajstić information content (AvgIpc) is 2.18. The third-order valence-corrected chi connectivity index (χ3v) is 1.68. The Morgan fingerprint density at radius 2 is 1.88 bits per heavy atom. The molecule has 0 N–H and O–H groups in total. The van der Waals surface area contributed by atoms with Gasteiger partial charge in [0.1, 0.15) is 6.07 Å². The summed E-state index contributed by atoms with van der Waals surface area (Å²) >= 11 is 0. The molecule has 0 aliphatic heterocycles. The van der Waals surface area contributed by atoms with Gasteiger partial charge in [0.25, 0.3) is 0 Å². The van der Waals surface area contributed by atoms with E-state index in [1.165, 1.54) is 0 Å². The molecule has 0 aromatic rings. The van der Waals surface area contributed by atoms with E-state index >= 15 is 0 Å². The number of guanidine groups is 1. The van der Waals surface area contributed by atoms with Crippen molar-refractivity contribution in [3.63, 3.8) is 0 Å². The fourth-order valence-electron chi connectivity index (χ4n) is 1.10. The predicted molar refractivity (Wildman–Crippen MR) is 60.8 cm³/mol. The van der Waals surface area contributed by atoms with Gasteiger partial charge in [0.05, 0.1) is 6.61 Å². The van der Waals surface area contributed by atoms with Gasteiger partial charge in [-0.15, -0.1) is 0 Å². The second-order valence-corrected chi connectivity index (χ2v) is 3.50. The Bertz CT molecular complexity index is 294. The molecule has 0 saturated heterocycles. The van der Waals surface area contributed by atoms with Crippen molar-refractivity contribution in [3.05, 3.63) is 0 Å². The van der Waals surface area contributed by atoms with Crippen LogP contribution >= 0.6 is 0 Å². The number of carbonyl (C=O) groups is 1. The van der Waals surface area contributed by atoms with Crippen molar-refractivity contribution in [2.45, 2.75) is 13.0 Å². The number of nitrogens with zero attached hydrogens (tertiary/aromatic N) is 4. The van der Waals surface area contributed by atoms with E-state index in [1.807, 2.05) is 6.07 Å². The maximum atomic E-state index is 11.4. The standard InChI is InChI=1S/C10H18N4O2/c1-6-16-9(15)8(7-11)12-10(13(2)3)14(4)5/h8H,6H2,1-5H3. The number of hydrogen-bond acceptors (Lipinski definition) is 4. The molecular weight excluding hydrogens is 208 g/mol. The van der Waals surface area contributed by atoms with Crippen LogP contribution in [0.2, 0.25) is 0 Å². The highest BCUT2D eigenvalue weighted by Gasteiger charge is 2.20. The zero-order chi connectivity index (χ0) is 12.7. The maximum absolute atomic E-state index is 11.4. The zero-order valence-corrected chi connectivity index (χ0v) is 10.4. The van der Waals surface area contributed by atoms with E-state index < -0.39 is 12.0 Å². The largest absolute Gasteiger partial charge is 0.464 e. The zero-order valence-electron chi connectivity index (χ0n) is 10.4. The molecule has 0 aromatic carbocycles. The Hall–Kier alpha value is -1.77. The fraction of sp³-hybridized carbons (Fsp3) is 0.700. The second kappa shape index (κ2) is 6.67. The van der Waals surface area contributed by atoms with Crippen LogP contribution in [0.4, 0.5) is 0 Å². The van der Waals surface area contributed by atoms with Crippen molar-refractivity contribution in [2.24, 2.45) is 4.99 Å². The highest BCUT2D eigenvalue weighted by atomic mass is 16.5. The van der Waals surface area contributed by atoms with E-state index in [2.05, 4.69) is 4.99 Å². The minimum absolute atomic E-state index is 0.242. The summed E-state index contributed by atoms with van der Waals surface area (Å²) in [5.41, 5.74) is 0. The first-order chi connectivity index (χ1) is 7.43. The normalized spacial score (nSPS) is 11.0. The molecule has 1 unspecified atom stereocenters. The van der Waals surface area contributed by atoms with Crippen LogP contribution in [0.25, 0.3) is 0 Å². The van der Waals surface area contributed by atoms with E-state index in [9.17, 15) is 4.79 Å². The molecule has 0 rings (SSSR count). The lowest BCUT2D eigenvalue weighted by molar-refractivity contribution is -0.143. The molecule has 0 heterocycles. The van der Waals surface area contributed by atoms with Crippen LogP contribution < -0.4 is 0 Å². The smallest absolute Gasteiger partial charge is 0.345 e. The van der Waals surface area contributed by atoms with Crippen molar-refractivity contribution in [1.29, 1.82) is 5.26 Å². The molecule has 0 aliphatic rings. The molecule has 16 heavy (non-hydrogen) atoms. The minimum atomic E-state index is -1.11. The number of nitriles is 1. The SMILES string of the molecule is CCOC(=O)C(C#N)N=C(N(C)C)N(C)C. The summed E-state index contributed by atoms with van der Waals surface area (Å²) in [7, 11) is 7.16. The number of rotatable bonds is 3. The van der Waals surface area contributed by atoms with Gasteiger partial charge in [0.2, 0.25) is 6.04 Å². The van der Waals surface area contributed by atoms with E-state index in [0.717, 1.165) is 0 Å². The lowest BCUT2D eigenvalue weighted by atomic mass is 10.3. The van der Waals surface area contributed by atoms with Crippen LogP contribution in [0.5, 0.6) is 0 Å². The van der Waals surface area contributed by atoms with E-state index in [1.54, 1.807) is 44.9 Å². The van der Waals surface area contributed by atoms with Gasteiger partial charge in [0, 0.05) is 28.2 Å². The lowest BCUT2D eigenvalue weighted by Crippen LogP contribution is -2.37. The highest BCUT2D eigenvalue weighted by Crippen LogP contribution is 1.98. The summed E-state index contributed by atoms with van der Waals surface area (Å²) in [6.45, 7) is 1.93. The fourth-order valence-corrected chi connectivity index (χ4v) is 1.10. The molecule has 0 fully saturated rings.